The first-order chi connectivity index (χ1) is 36.0. The quantitative estimate of drug-likeness (QED) is 0.106. The zero-order valence-electron chi connectivity index (χ0n) is 41.6. The van der Waals surface area contributed by atoms with Gasteiger partial charge >= 0.3 is 18.0 Å². The molecule has 7 atom stereocenters. The number of rotatable bonds is 11. The Morgan fingerprint density at radius 2 is 1.55 bits per heavy atom. The number of methoxy groups -OCH3 is 1. The molecule has 16 nitrogen and oxygen atoms in total. The van der Waals surface area contributed by atoms with Crippen molar-refractivity contribution in [3.63, 3.8) is 0 Å². The van der Waals surface area contributed by atoms with E-state index in [2.05, 4.69) is 33.2 Å². The fourth-order valence-electron chi connectivity index (χ4n) is 11.6. The lowest BCUT2D eigenvalue weighted by Gasteiger charge is -2.46. The van der Waals surface area contributed by atoms with Gasteiger partial charge in [-0.3, -0.25) is 19.3 Å². The van der Waals surface area contributed by atoms with E-state index in [1.165, 1.54) is 7.11 Å². The van der Waals surface area contributed by atoms with Crippen LogP contribution in [-0.2, 0) is 34.1 Å². The largest absolute Gasteiger partial charge is 0.491 e. The van der Waals surface area contributed by atoms with Crippen LogP contribution in [0.1, 0.15) is 85.5 Å². The third-order valence-electron chi connectivity index (χ3n) is 14.9. The van der Waals surface area contributed by atoms with E-state index in [-0.39, 0.29) is 32.0 Å². The molecule has 1 aromatic heterocycles. The molecule has 4 aliphatic heterocycles. The van der Waals surface area contributed by atoms with Gasteiger partial charge in [-0.05, 0) is 95.8 Å². The number of fused-ring (bicyclic) bond motifs is 3. The molecule has 16 heteroatoms. The summed E-state index contributed by atoms with van der Waals surface area (Å²) in [5.74, 6) is 2.90. The van der Waals surface area contributed by atoms with Crippen LogP contribution < -0.4 is 19.9 Å². The molecule has 5 aromatic rings. The van der Waals surface area contributed by atoms with Crippen molar-refractivity contribution in [2.24, 2.45) is 11.8 Å². The molecule has 5 aliphatic rings. The molecule has 3 saturated heterocycles. The van der Waals surface area contributed by atoms with Gasteiger partial charge < -0.3 is 34.4 Å². The zero-order chi connectivity index (χ0) is 51.5. The highest BCUT2D eigenvalue weighted by Gasteiger charge is 2.76. The molecule has 0 unspecified atom stereocenters. The van der Waals surface area contributed by atoms with Gasteiger partial charge in [-0.25, -0.2) is 24.5 Å². The van der Waals surface area contributed by atoms with Crippen LogP contribution in [0.4, 0.5) is 16.4 Å². The number of amides is 4. The Morgan fingerprint density at radius 3 is 2.23 bits per heavy atom. The molecule has 1 spiro atoms. The number of carbonyl (C=O) groups excluding carboxylic acids is 5. The third kappa shape index (κ3) is 9.04. The van der Waals surface area contributed by atoms with E-state index in [0.29, 0.717) is 47.0 Å². The van der Waals surface area contributed by atoms with Crippen LogP contribution in [0.5, 0.6) is 5.75 Å². The number of aromatic nitrogens is 2. The predicted octanol–water partition coefficient (Wildman–Crippen LogP) is 6.62. The summed E-state index contributed by atoms with van der Waals surface area (Å²) in [4.78, 5) is 93.2. The Bertz CT molecular complexity index is 3010. The highest BCUT2D eigenvalue weighted by molar-refractivity contribution is 6.25. The number of urea groups is 1. The van der Waals surface area contributed by atoms with Crippen LogP contribution in [0.3, 0.4) is 0 Å². The first-order valence-electron chi connectivity index (χ1n) is 25.4. The molecule has 10 rings (SSSR count). The van der Waals surface area contributed by atoms with Gasteiger partial charge in [0.1, 0.15) is 36.0 Å². The number of nitrogens with zero attached hydrogens (tertiary/aromatic N) is 6. The van der Waals surface area contributed by atoms with Crippen molar-refractivity contribution in [2.45, 2.75) is 75.2 Å². The summed E-state index contributed by atoms with van der Waals surface area (Å²) in [5, 5.41) is 12.7. The molecule has 74 heavy (non-hydrogen) atoms. The zero-order valence-corrected chi connectivity index (χ0v) is 41.6. The third-order valence-corrected chi connectivity index (χ3v) is 14.9. The number of morpholine rings is 1. The molecule has 0 saturated carbocycles. The fourth-order valence-corrected chi connectivity index (χ4v) is 11.6. The van der Waals surface area contributed by atoms with Crippen LogP contribution in [0.2, 0.25) is 0 Å². The van der Waals surface area contributed by atoms with E-state index < -0.39 is 77.3 Å². The summed E-state index contributed by atoms with van der Waals surface area (Å²) < 4.78 is 17.9. The second-order valence-electron chi connectivity index (χ2n) is 19.6. The van der Waals surface area contributed by atoms with Crippen molar-refractivity contribution >= 4 is 41.4 Å². The number of imide groups is 1. The smallest absolute Gasteiger partial charge is 0.329 e. The summed E-state index contributed by atoms with van der Waals surface area (Å²) in [6.07, 6.45) is 8.34. The second kappa shape index (κ2) is 21.3. The first-order valence-corrected chi connectivity index (χ1v) is 25.4. The molecular formula is C58H59N7O9. The maximum Gasteiger partial charge on any atom is 0.329 e. The SMILES string of the molecule is COC(=O)[C@@H](NC(=O)N1C(=O)[C@@]2(c3cc(C#CC4=CCCCC4)ccc31)[C@H](c1cccc(OCCO)c1)N1[C@H](c3ccccc3)[C@H](c3ccccc3)OC(=O)[C@H]1[C@@H]2C(=O)N1CCN(c2ncccn2)CC1)C(C)C. The van der Waals surface area contributed by atoms with Crippen LogP contribution >= 0.6 is 0 Å². The number of allylic oxidation sites excluding steroid dienone is 2. The Labute approximate surface area is 430 Å². The lowest BCUT2D eigenvalue weighted by molar-refractivity contribution is -0.179. The number of aliphatic hydroxyl groups is 1. The Balaban J connectivity index is 1.25. The number of hydrogen-bond donors (Lipinski definition) is 2. The minimum absolute atomic E-state index is 0.0346. The number of hydrogen-bond acceptors (Lipinski definition) is 13. The van der Waals surface area contributed by atoms with Crippen LogP contribution in [0, 0.1) is 23.7 Å². The van der Waals surface area contributed by atoms with Crippen molar-refractivity contribution < 1.29 is 43.3 Å². The Hall–Kier alpha value is -7.87. The van der Waals surface area contributed by atoms with Crippen LogP contribution in [-0.4, -0.2) is 113 Å². The molecule has 380 valence electrons. The summed E-state index contributed by atoms with van der Waals surface area (Å²) >= 11 is 0. The lowest BCUT2D eigenvalue weighted by atomic mass is 9.64. The Morgan fingerprint density at radius 1 is 0.838 bits per heavy atom. The summed E-state index contributed by atoms with van der Waals surface area (Å²) in [6, 6.07) is 27.5. The first kappa shape index (κ1) is 49.7. The number of aliphatic hydroxyl groups excluding tert-OH is 1. The highest BCUT2D eigenvalue weighted by Crippen LogP contribution is 2.66. The summed E-state index contributed by atoms with van der Waals surface area (Å²) in [6.45, 7) is 4.28. The van der Waals surface area contributed by atoms with Gasteiger partial charge in [0.2, 0.25) is 17.8 Å². The van der Waals surface area contributed by atoms with E-state index in [0.717, 1.165) is 41.7 Å². The molecule has 3 fully saturated rings. The molecular weight excluding hydrogens is 939 g/mol. The number of piperazine rings is 1. The molecule has 5 heterocycles. The van der Waals surface area contributed by atoms with Gasteiger partial charge in [-0.2, -0.15) is 0 Å². The van der Waals surface area contributed by atoms with E-state index in [1.54, 1.807) is 73.6 Å². The van der Waals surface area contributed by atoms with Crippen molar-refractivity contribution in [1.29, 1.82) is 0 Å². The van der Waals surface area contributed by atoms with Crippen molar-refractivity contribution in [3.8, 4) is 17.6 Å². The molecule has 4 amide bonds. The maximum absolute atomic E-state index is 16.9. The normalized spacial score (nSPS) is 23.8. The molecule has 0 radical (unpaired) electrons. The van der Waals surface area contributed by atoms with E-state index in [4.69, 9.17) is 14.2 Å². The van der Waals surface area contributed by atoms with Gasteiger partial charge in [0.15, 0.2) is 0 Å². The van der Waals surface area contributed by atoms with Crippen LogP contribution in [0.25, 0.3) is 0 Å². The standard InChI is InChI=1S/C58H59N7O9/c1-37(2)47(53(68)72-3)61-57(71)64-45-26-25-39(24-23-38-15-7-4-8-16-38)35-44(45)58(55(64)70)46(52(67)62-29-31-63(32-30-62)56-59-27-14-28-60-56)49-54(69)74-50(41-19-11-6-12-20-41)48(40-17-9-5-10-18-40)65(49)51(58)42-21-13-22-43(36-42)73-34-33-66/h5-6,9-15,17-22,25-28,35-37,46-51,66H,4,7-8,16,29-34H2,1-3H3,(H,61,71)/t46-,47+,48-,49-,50+,51+,58-/m1/s1. The van der Waals surface area contributed by atoms with Crippen LogP contribution in [0.15, 0.2) is 133 Å². The summed E-state index contributed by atoms with van der Waals surface area (Å²) in [5.41, 5.74) is 1.82. The second-order valence-corrected chi connectivity index (χ2v) is 19.6. The Kier molecular flexibility index (Phi) is 14.3. The maximum atomic E-state index is 16.9. The average molecular weight is 998 g/mol. The van der Waals surface area contributed by atoms with Gasteiger partial charge in [0.05, 0.1) is 37.4 Å². The van der Waals surface area contributed by atoms with Gasteiger partial charge in [-0.15, -0.1) is 0 Å². The fraction of sp³-hybridized carbons (Fsp3) is 0.362. The van der Waals surface area contributed by atoms with Gasteiger partial charge in [-0.1, -0.05) is 105 Å². The monoisotopic (exact) mass is 997 g/mol. The number of carbonyl (C=O) groups is 5. The van der Waals surface area contributed by atoms with E-state index in [9.17, 15) is 9.90 Å². The van der Waals surface area contributed by atoms with Gasteiger partial charge in [0, 0.05) is 44.1 Å². The average Bonchev–Trinajstić information content (AvgIpc) is 3.99. The van der Waals surface area contributed by atoms with E-state index in [1.807, 2.05) is 76.5 Å². The van der Waals surface area contributed by atoms with Crippen molar-refractivity contribution in [2.75, 3.05) is 56.3 Å². The van der Waals surface area contributed by atoms with Crippen molar-refractivity contribution in [3.05, 3.63) is 161 Å². The summed E-state index contributed by atoms with van der Waals surface area (Å²) in [7, 11) is 1.23. The number of anilines is 2. The molecule has 4 aromatic carbocycles. The molecule has 0 bridgehead atoms. The van der Waals surface area contributed by atoms with E-state index >= 15 is 19.2 Å². The highest BCUT2D eigenvalue weighted by atomic mass is 16.6. The predicted molar refractivity (Wildman–Crippen MR) is 274 cm³/mol. The number of cyclic esters (lactones) is 1. The molecule has 2 N–H and O–H groups in total. The minimum atomic E-state index is -2.08. The lowest BCUT2D eigenvalue weighted by Crippen LogP contribution is -2.60. The topological polar surface area (TPSA) is 184 Å². The van der Waals surface area contributed by atoms with Gasteiger partial charge in [0.25, 0.3) is 0 Å². The number of ether oxygens (including phenoxy) is 3. The minimum Gasteiger partial charge on any atom is -0.491 e. The molecule has 1 aliphatic carbocycles. The number of nitrogens with one attached hydrogen (secondary N) is 1. The van der Waals surface area contributed by atoms with Crippen molar-refractivity contribution in [1.82, 2.24) is 25.1 Å². The number of esters is 2. The number of benzene rings is 4.